The number of fused-ring (bicyclic) bond motifs is 1. The minimum Gasteiger partial charge on any atom is -0.486 e. The molecule has 2 aromatic heterocycles. The molecule has 3 aromatic rings. The number of amides is 1. The number of carbonyl (C=O) groups is 2. The van der Waals surface area contributed by atoms with E-state index in [-0.39, 0.29) is 29.4 Å². The summed E-state index contributed by atoms with van der Waals surface area (Å²) in [4.78, 5) is 26.7. The van der Waals surface area contributed by atoms with Crippen LogP contribution in [0.2, 0.25) is 5.02 Å². The number of rotatable bonds is 9. The summed E-state index contributed by atoms with van der Waals surface area (Å²) in [5.41, 5.74) is 1.49. The Labute approximate surface area is 221 Å². The third-order valence-electron chi connectivity index (χ3n) is 5.49. The van der Waals surface area contributed by atoms with Crippen LogP contribution in [-0.2, 0) is 36.0 Å². The molecule has 1 N–H and O–H groups in total. The molecule has 4 rings (SSSR count). The fraction of sp³-hybridized carbons (Fsp3) is 0.417. The quantitative estimate of drug-likeness (QED) is 0.279. The van der Waals surface area contributed by atoms with Crippen molar-refractivity contribution in [3.8, 4) is 5.75 Å². The van der Waals surface area contributed by atoms with Crippen LogP contribution in [0.1, 0.15) is 53.3 Å². The number of ether oxygens (including phenoxy) is 2. The lowest BCUT2D eigenvalue weighted by Crippen LogP contribution is -2.19. The standard InChI is InChI=1S/C24H26ClFN4O4S2/c1-13(2)34-23(32)21-15-6-4-5-7-18(15)36-22(21)27-20(31)12-35-24-29-28-19(30(24)3)11-33-14-8-9-17(26)16(25)10-14/h8-10,13H,4-7,11-12H2,1-3H3,(H,27,31). The molecule has 0 bridgehead atoms. The highest BCUT2D eigenvalue weighted by Gasteiger charge is 2.28. The second kappa shape index (κ2) is 11.6. The lowest BCUT2D eigenvalue weighted by atomic mass is 9.95. The SMILES string of the molecule is CC(C)OC(=O)c1c(NC(=O)CSc2nnc(COc3ccc(F)c(Cl)c3)n2C)sc2c1CCCC2. The van der Waals surface area contributed by atoms with Crippen LogP contribution in [-0.4, -0.2) is 38.5 Å². The van der Waals surface area contributed by atoms with Crippen LogP contribution >= 0.6 is 34.7 Å². The van der Waals surface area contributed by atoms with Crippen LogP contribution in [0.4, 0.5) is 9.39 Å². The highest BCUT2D eigenvalue weighted by atomic mass is 35.5. The van der Waals surface area contributed by atoms with Gasteiger partial charge in [0.1, 0.15) is 23.2 Å². The number of thiophene rings is 1. The maximum absolute atomic E-state index is 13.3. The number of hydrogen-bond donors (Lipinski definition) is 1. The van der Waals surface area contributed by atoms with Gasteiger partial charge in [-0.3, -0.25) is 4.79 Å². The second-order valence-electron chi connectivity index (χ2n) is 8.53. The van der Waals surface area contributed by atoms with Crippen molar-refractivity contribution >= 4 is 51.6 Å². The van der Waals surface area contributed by atoms with Crippen molar-refractivity contribution in [2.45, 2.75) is 57.4 Å². The van der Waals surface area contributed by atoms with Crippen LogP contribution in [0, 0.1) is 5.82 Å². The van der Waals surface area contributed by atoms with Gasteiger partial charge >= 0.3 is 5.97 Å². The summed E-state index contributed by atoms with van der Waals surface area (Å²) >= 11 is 8.46. The molecule has 1 amide bonds. The number of hydrogen-bond acceptors (Lipinski definition) is 8. The van der Waals surface area contributed by atoms with E-state index in [4.69, 9.17) is 21.1 Å². The number of aromatic nitrogens is 3. The van der Waals surface area contributed by atoms with E-state index in [0.717, 1.165) is 36.1 Å². The minimum absolute atomic E-state index is 0.0278. The van der Waals surface area contributed by atoms with Crippen molar-refractivity contribution in [1.29, 1.82) is 0 Å². The molecule has 192 valence electrons. The molecular formula is C24H26ClFN4O4S2. The molecule has 0 saturated carbocycles. The third-order valence-corrected chi connectivity index (χ3v) is 8.00. The van der Waals surface area contributed by atoms with E-state index in [1.54, 1.807) is 25.5 Å². The zero-order valence-corrected chi connectivity index (χ0v) is 22.5. The van der Waals surface area contributed by atoms with Gasteiger partial charge in [0, 0.05) is 18.0 Å². The molecule has 0 unspecified atom stereocenters. The van der Waals surface area contributed by atoms with Gasteiger partial charge in [-0.1, -0.05) is 23.4 Å². The topological polar surface area (TPSA) is 95.3 Å². The largest absolute Gasteiger partial charge is 0.486 e. The summed E-state index contributed by atoms with van der Waals surface area (Å²) in [5.74, 6) is -0.147. The van der Waals surface area contributed by atoms with Gasteiger partial charge in [-0.15, -0.1) is 21.5 Å². The molecule has 0 radical (unpaired) electrons. The number of benzene rings is 1. The van der Waals surface area contributed by atoms with Crippen LogP contribution in [0.25, 0.3) is 0 Å². The van der Waals surface area contributed by atoms with Gasteiger partial charge < -0.3 is 19.4 Å². The first-order valence-electron chi connectivity index (χ1n) is 11.5. The van der Waals surface area contributed by atoms with E-state index in [2.05, 4.69) is 15.5 Å². The summed E-state index contributed by atoms with van der Waals surface area (Å²) < 4.78 is 26.1. The van der Waals surface area contributed by atoms with Crippen molar-refractivity contribution in [2.75, 3.05) is 11.1 Å². The smallest absolute Gasteiger partial charge is 0.341 e. The average Bonchev–Trinajstić information content (AvgIpc) is 3.37. The zero-order valence-electron chi connectivity index (χ0n) is 20.1. The second-order valence-corrected chi connectivity index (χ2v) is 11.0. The number of halogens is 2. The molecule has 1 aliphatic rings. The van der Waals surface area contributed by atoms with Gasteiger partial charge in [-0.25, -0.2) is 9.18 Å². The fourth-order valence-electron chi connectivity index (χ4n) is 3.75. The summed E-state index contributed by atoms with van der Waals surface area (Å²) in [7, 11) is 1.77. The molecule has 36 heavy (non-hydrogen) atoms. The lowest BCUT2D eigenvalue weighted by Gasteiger charge is -2.14. The summed E-state index contributed by atoms with van der Waals surface area (Å²) in [5, 5.41) is 12.2. The molecule has 2 heterocycles. The first-order chi connectivity index (χ1) is 17.2. The number of nitrogens with zero attached hydrogens (tertiary/aromatic N) is 3. The van der Waals surface area contributed by atoms with E-state index in [9.17, 15) is 14.0 Å². The number of thioether (sulfide) groups is 1. The summed E-state index contributed by atoms with van der Waals surface area (Å²) in [6.07, 6.45) is 3.56. The Morgan fingerprint density at radius 1 is 1.28 bits per heavy atom. The zero-order chi connectivity index (χ0) is 25.8. The van der Waals surface area contributed by atoms with Gasteiger partial charge in [-0.05, 0) is 57.2 Å². The van der Waals surface area contributed by atoms with Crippen molar-refractivity contribution in [3.63, 3.8) is 0 Å². The van der Waals surface area contributed by atoms with Gasteiger partial charge in [0.15, 0.2) is 11.0 Å². The van der Waals surface area contributed by atoms with E-state index in [0.29, 0.717) is 27.3 Å². The van der Waals surface area contributed by atoms with Crippen LogP contribution in [0.15, 0.2) is 23.4 Å². The minimum atomic E-state index is -0.522. The molecule has 0 aliphatic heterocycles. The molecular weight excluding hydrogens is 527 g/mol. The maximum Gasteiger partial charge on any atom is 0.341 e. The Morgan fingerprint density at radius 2 is 2.06 bits per heavy atom. The van der Waals surface area contributed by atoms with Crippen molar-refractivity contribution in [2.24, 2.45) is 7.05 Å². The Bertz CT molecular complexity index is 1280. The van der Waals surface area contributed by atoms with Gasteiger partial charge in [-0.2, -0.15) is 0 Å². The first-order valence-corrected chi connectivity index (χ1v) is 13.6. The van der Waals surface area contributed by atoms with E-state index in [1.165, 1.54) is 41.3 Å². The normalized spacial score (nSPS) is 12.9. The van der Waals surface area contributed by atoms with Crippen LogP contribution < -0.4 is 10.1 Å². The number of aryl methyl sites for hydroxylation is 1. The Hall–Kier alpha value is -2.63. The predicted octanol–water partition coefficient (Wildman–Crippen LogP) is 5.42. The molecule has 1 aliphatic carbocycles. The highest BCUT2D eigenvalue weighted by Crippen LogP contribution is 2.39. The maximum atomic E-state index is 13.3. The molecule has 8 nitrogen and oxygen atoms in total. The van der Waals surface area contributed by atoms with Crippen molar-refractivity contribution in [1.82, 2.24) is 14.8 Å². The summed E-state index contributed by atoms with van der Waals surface area (Å²) in [6, 6.07) is 4.10. The van der Waals surface area contributed by atoms with Crippen molar-refractivity contribution < 1.29 is 23.5 Å². The highest BCUT2D eigenvalue weighted by molar-refractivity contribution is 7.99. The Balaban J connectivity index is 1.38. The molecule has 1 aromatic carbocycles. The number of carbonyl (C=O) groups excluding carboxylic acids is 2. The molecule has 0 saturated heterocycles. The van der Waals surface area contributed by atoms with E-state index in [1.807, 2.05) is 0 Å². The Kier molecular flexibility index (Phi) is 8.53. The summed E-state index contributed by atoms with van der Waals surface area (Å²) in [6.45, 7) is 3.71. The molecule has 0 atom stereocenters. The van der Waals surface area contributed by atoms with Gasteiger partial charge in [0.2, 0.25) is 5.91 Å². The van der Waals surface area contributed by atoms with Gasteiger partial charge in [0.25, 0.3) is 0 Å². The third kappa shape index (κ3) is 6.19. The number of anilines is 1. The fourth-order valence-corrected chi connectivity index (χ4v) is 5.94. The number of esters is 1. The van der Waals surface area contributed by atoms with E-state index >= 15 is 0 Å². The average molecular weight is 553 g/mol. The van der Waals surface area contributed by atoms with Crippen LogP contribution in [0.3, 0.4) is 0 Å². The molecule has 0 spiro atoms. The first kappa shape index (κ1) is 26.4. The van der Waals surface area contributed by atoms with E-state index < -0.39 is 11.8 Å². The monoisotopic (exact) mass is 552 g/mol. The Morgan fingerprint density at radius 3 is 2.81 bits per heavy atom. The predicted molar refractivity (Wildman–Crippen MR) is 138 cm³/mol. The van der Waals surface area contributed by atoms with Crippen LogP contribution in [0.5, 0.6) is 5.75 Å². The van der Waals surface area contributed by atoms with Gasteiger partial charge in [0.05, 0.1) is 22.4 Å². The number of nitrogens with one attached hydrogen (secondary N) is 1. The molecule has 12 heteroatoms. The lowest BCUT2D eigenvalue weighted by molar-refractivity contribution is -0.113. The molecule has 0 fully saturated rings. The van der Waals surface area contributed by atoms with Crippen molar-refractivity contribution in [3.05, 3.63) is 50.9 Å².